The summed E-state index contributed by atoms with van der Waals surface area (Å²) in [7, 11) is 0. The molecule has 0 aromatic heterocycles. The Hall–Kier alpha value is -1.68. The summed E-state index contributed by atoms with van der Waals surface area (Å²) in [6.07, 6.45) is 15.3. The number of ether oxygens (including phenoxy) is 1. The first-order chi connectivity index (χ1) is 12.3. The molecular weight excluding hydrogens is 304 g/mol. The lowest BCUT2D eigenvalue weighted by molar-refractivity contribution is 0.309. The van der Waals surface area contributed by atoms with Crippen LogP contribution in [0.1, 0.15) is 83.6 Å². The van der Waals surface area contributed by atoms with Crippen LogP contribution in [0.4, 0.5) is 0 Å². The molecule has 1 aliphatic carbocycles. The van der Waals surface area contributed by atoms with Gasteiger partial charge in [-0.25, -0.2) is 0 Å². The second-order valence-electron chi connectivity index (χ2n) is 7.20. The van der Waals surface area contributed by atoms with Gasteiger partial charge in [0.15, 0.2) is 0 Å². The van der Waals surface area contributed by atoms with Crippen LogP contribution in [0, 0.1) is 17.8 Å². The summed E-state index contributed by atoms with van der Waals surface area (Å²) in [5, 5.41) is 0. The highest BCUT2D eigenvalue weighted by molar-refractivity contribution is 5.43. The lowest BCUT2D eigenvalue weighted by Gasteiger charge is -2.19. The van der Waals surface area contributed by atoms with Crippen molar-refractivity contribution in [3.8, 4) is 17.6 Å². The highest BCUT2D eigenvalue weighted by Gasteiger charge is 2.12. The van der Waals surface area contributed by atoms with Gasteiger partial charge in [-0.3, -0.25) is 0 Å². The molecule has 1 atom stereocenters. The van der Waals surface area contributed by atoms with Crippen LogP contribution in [0.2, 0.25) is 0 Å². The van der Waals surface area contributed by atoms with Crippen LogP contribution < -0.4 is 4.74 Å². The van der Waals surface area contributed by atoms with Gasteiger partial charge in [-0.2, -0.15) is 0 Å². The Morgan fingerprint density at radius 3 is 2.44 bits per heavy atom. The normalized spacial score (nSPS) is 16.7. The van der Waals surface area contributed by atoms with Crippen molar-refractivity contribution in [2.24, 2.45) is 5.92 Å². The number of unbranched alkanes of at least 4 members (excludes halogenated alkanes) is 4. The van der Waals surface area contributed by atoms with E-state index in [-0.39, 0.29) is 0 Å². The fourth-order valence-electron chi connectivity index (χ4n) is 3.25. The van der Waals surface area contributed by atoms with Crippen molar-refractivity contribution in [1.29, 1.82) is 0 Å². The fourth-order valence-corrected chi connectivity index (χ4v) is 3.25. The van der Waals surface area contributed by atoms with Gasteiger partial charge in [0.2, 0.25) is 0 Å². The molecule has 2 rings (SSSR count). The van der Waals surface area contributed by atoms with Crippen molar-refractivity contribution in [1.82, 2.24) is 0 Å². The molecule has 1 aromatic carbocycles. The van der Waals surface area contributed by atoms with E-state index in [2.05, 4.69) is 43.9 Å². The lowest BCUT2D eigenvalue weighted by Crippen LogP contribution is -2.05. The van der Waals surface area contributed by atoms with Crippen LogP contribution in [-0.4, -0.2) is 6.61 Å². The van der Waals surface area contributed by atoms with E-state index in [1.54, 1.807) is 0 Å². The number of hydrogen-bond donors (Lipinski definition) is 0. The van der Waals surface area contributed by atoms with Crippen LogP contribution >= 0.6 is 0 Å². The Kier molecular flexibility index (Phi) is 9.27. The maximum atomic E-state index is 5.70. The molecule has 0 N–H and O–H groups in total. The van der Waals surface area contributed by atoms with Crippen LogP contribution in [0.25, 0.3) is 0 Å². The highest BCUT2D eigenvalue weighted by Crippen LogP contribution is 2.27. The van der Waals surface area contributed by atoms with E-state index >= 15 is 0 Å². The SMILES string of the molecule is CCCCCCC1CC=C(C#Cc2ccc(OCCCC)cc2)CC1. The molecule has 1 unspecified atom stereocenters. The molecule has 0 bridgehead atoms. The standard InChI is InChI=1S/C24H34O/c1-3-5-7-8-9-21-10-12-22(13-11-21)14-15-23-16-18-24(19-17-23)25-20-6-4-2/h12,16-19,21H,3-11,13,20H2,1-2H3. The Morgan fingerprint density at radius 2 is 1.76 bits per heavy atom. The summed E-state index contributed by atoms with van der Waals surface area (Å²) in [5.41, 5.74) is 2.40. The summed E-state index contributed by atoms with van der Waals surface area (Å²) >= 11 is 0. The zero-order chi connectivity index (χ0) is 17.7. The van der Waals surface area contributed by atoms with Crippen molar-refractivity contribution in [3.63, 3.8) is 0 Å². The molecule has 0 spiro atoms. The lowest BCUT2D eigenvalue weighted by atomic mass is 9.86. The van der Waals surface area contributed by atoms with Crippen molar-refractivity contribution in [3.05, 3.63) is 41.5 Å². The third-order valence-electron chi connectivity index (χ3n) is 4.97. The number of benzene rings is 1. The van der Waals surface area contributed by atoms with Crippen LogP contribution in [-0.2, 0) is 0 Å². The van der Waals surface area contributed by atoms with Crippen LogP contribution in [0.5, 0.6) is 5.75 Å². The predicted octanol–water partition coefficient (Wildman–Crippen LogP) is 6.91. The summed E-state index contributed by atoms with van der Waals surface area (Å²) < 4.78 is 5.70. The van der Waals surface area contributed by atoms with E-state index in [1.165, 1.54) is 50.5 Å². The third-order valence-corrected chi connectivity index (χ3v) is 4.97. The monoisotopic (exact) mass is 338 g/mol. The molecule has 0 aliphatic heterocycles. The molecular formula is C24H34O. The predicted molar refractivity (Wildman–Crippen MR) is 108 cm³/mol. The quantitative estimate of drug-likeness (QED) is 0.351. The van der Waals surface area contributed by atoms with Gasteiger partial charge < -0.3 is 4.74 Å². The Balaban J connectivity index is 1.76. The Morgan fingerprint density at radius 1 is 0.960 bits per heavy atom. The summed E-state index contributed by atoms with van der Waals surface area (Å²) in [6.45, 7) is 5.26. The van der Waals surface area contributed by atoms with Gasteiger partial charge in [0.05, 0.1) is 6.61 Å². The molecule has 0 saturated carbocycles. The first kappa shape index (κ1) is 19.6. The van der Waals surface area contributed by atoms with Gasteiger partial charge >= 0.3 is 0 Å². The maximum absolute atomic E-state index is 5.70. The molecule has 1 heteroatoms. The smallest absolute Gasteiger partial charge is 0.119 e. The van der Waals surface area contributed by atoms with E-state index in [9.17, 15) is 0 Å². The molecule has 0 fully saturated rings. The molecule has 136 valence electrons. The van der Waals surface area contributed by atoms with Crippen LogP contribution in [0.3, 0.4) is 0 Å². The molecule has 1 nitrogen and oxygen atoms in total. The fraction of sp³-hybridized carbons (Fsp3) is 0.583. The Bertz CT molecular complexity index is 570. The number of hydrogen-bond acceptors (Lipinski definition) is 1. The first-order valence-corrected chi connectivity index (χ1v) is 10.3. The van der Waals surface area contributed by atoms with E-state index in [0.717, 1.165) is 43.1 Å². The van der Waals surface area contributed by atoms with E-state index in [0.29, 0.717) is 0 Å². The minimum Gasteiger partial charge on any atom is -0.494 e. The highest BCUT2D eigenvalue weighted by atomic mass is 16.5. The van der Waals surface area contributed by atoms with Gasteiger partial charge in [-0.1, -0.05) is 70.3 Å². The molecule has 0 radical (unpaired) electrons. The molecule has 1 aliphatic rings. The van der Waals surface area contributed by atoms with E-state index in [1.807, 2.05) is 12.1 Å². The zero-order valence-electron chi connectivity index (χ0n) is 16.2. The second kappa shape index (κ2) is 11.8. The minimum absolute atomic E-state index is 0.800. The van der Waals surface area contributed by atoms with E-state index < -0.39 is 0 Å². The summed E-state index contributed by atoms with van der Waals surface area (Å²) in [4.78, 5) is 0. The van der Waals surface area contributed by atoms with Crippen molar-refractivity contribution in [2.75, 3.05) is 6.61 Å². The minimum atomic E-state index is 0.800. The van der Waals surface area contributed by atoms with Gasteiger partial charge in [0.1, 0.15) is 5.75 Å². The van der Waals surface area contributed by atoms with Gasteiger partial charge in [-0.15, -0.1) is 0 Å². The first-order valence-electron chi connectivity index (χ1n) is 10.3. The molecule has 0 heterocycles. The zero-order valence-corrected chi connectivity index (χ0v) is 16.2. The van der Waals surface area contributed by atoms with E-state index in [4.69, 9.17) is 4.74 Å². The van der Waals surface area contributed by atoms with Crippen LogP contribution in [0.15, 0.2) is 35.9 Å². The number of allylic oxidation sites excluding steroid dienone is 2. The summed E-state index contributed by atoms with van der Waals surface area (Å²) in [5.74, 6) is 8.52. The summed E-state index contributed by atoms with van der Waals surface area (Å²) in [6, 6.07) is 8.19. The average Bonchev–Trinajstić information content (AvgIpc) is 2.66. The van der Waals surface area contributed by atoms with Crippen molar-refractivity contribution >= 4 is 0 Å². The largest absolute Gasteiger partial charge is 0.494 e. The molecule has 0 amide bonds. The second-order valence-corrected chi connectivity index (χ2v) is 7.20. The van der Waals surface area contributed by atoms with Gasteiger partial charge in [-0.05, 0) is 61.4 Å². The van der Waals surface area contributed by atoms with Crippen molar-refractivity contribution < 1.29 is 4.74 Å². The topological polar surface area (TPSA) is 9.23 Å². The average molecular weight is 339 g/mol. The Labute approximate surface area is 154 Å². The molecule has 1 aromatic rings. The maximum Gasteiger partial charge on any atom is 0.119 e. The van der Waals surface area contributed by atoms with Crippen molar-refractivity contribution in [2.45, 2.75) is 78.1 Å². The van der Waals surface area contributed by atoms with Gasteiger partial charge in [0.25, 0.3) is 0 Å². The number of rotatable bonds is 9. The third kappa shape index (κ3) is 7.82. The van der Waals surface area contributed by atoms with Gasteiger partial charge in [0, 0.05) is 5.56 Å². The molecule has 25 heavy (non-hydrogen) atoms. The molecule has 0 saturated heterocycles.